The summed E-state index contributed by atoms with van der Waals surface area (Å²) in [6.07, 6.45) is 1.58. The topological polar surface area (TPSA) is 86.1 Å². The van der Waals surface area contributed by atoms with Crippen molar-refractivity contribution in [2.45, 2.75) is 19.1 Å². The molecule has 0 unspecified atom stereocenters. The lowest BCUT2D eigenvalue weighted by Gasteiger charge is -2.19. The number of anilines is 1. The molecular weight excluding hydrogens is 406 g/mol. The van der Waals surface area contributed by atoms with Crippen LogP contribution in [0.15, 0.2) is 48.0 Å². The second-order valence-corrected chi connectivity index (χ2v) is 7.72. The number of rotatable bonds is 8. The van der Waals surface area contributed by atoms with Gasteiger partial charge < -0.3 is 19.3 Å². The first-order valence-electron chi connectivity index (χ1n) is 9.64. The fraction of sp³-hybridized carbons (Fsp3) is 0.333. The van der Waals surface area contributed by atoms with Crippen LogP contribution in [0.5, 0.6) is 11.5 Å². The second kappa shape index (κ2) is 9.19. The van der Waals surface area contributed by atoms with Crippen LogP contribution in [-0.2, 0) is 11.3 Å². The molecule has 1 aromatic carbocycles. The molecule has 3 aromatic rings. The van der Waals surface area contributed by atoms with E-state index in [4.69, 9.17) is 14.2 Å². The predicted octanol–water partition coefficient (Wildman–Crippen LogP) is 3.97. The van der Waals surface area contributed by atoms with E-state index in [-0.39, 0.29) is 6.10 Å². The zero-order valence-electron chi connectivity index (χ0n) is 16.6. The molecule has 1 fully saturated rings. The standard InChI is InChI=1S/C21H23N3O5S/c1-27-18-5-4-15(13-19(18)29-16-7-11-28-14-16)17-6-8-22-24(17)10-9-23(21(25)26)20-3-2-12-30-20/h2-6,8,12-13,16H,7,9-11,14H2,1H3,(H,25,26)/t16-/m1/s1. The number of aromatic nitrogens is 2. The molecule has 30 heavy (non-hydrogen) atoms. The molecule has 4 rings (SSSR count). The highest BCUT2D eigenvalue weighted by atomic mass is 32.1. The van der Waals surface area contributed by atoms with Crippen molar-refractivity contribution in [2.24, 2.45) is 0 Å². The fourth-order valence-electron chi connectivity index (χ4n) is 3.39. The van der Waals surface area contributed by atoms with Gasteiger partial charge in [0.2, 0.25) is 0 Å². The number of benzene rings is 1. The fourth-order valence-corrected chi connectivity index (χ4v) is 4.14. The van der Waals surface area contributed by atoms with Crippen LogP contribution in [-0.4, -0.2) is 54.0 Å². The van der Waals surface area contributed by atoms with E-state index >= 15 is 0 Å². The van der Waals surface area contributed by atoms with E-state index in [1.165, 1.54) is 16.2 Å². The first kappa shape index (κ1) is 20.2. The van der Waals surface area contributed by atoms with Crippen LogP contribution in [0, 0.1) is 0 Å². The van der Waals surface area contributed by atoms with Crippen molar-refractivity contribution < 1.29 is 24.1 Å². The normalized spacial score (nSPS) is 15.8. The van der Waals surface area contributed by atoms with Crippen LogP contribution in [0.3, 0.4) is 0 Å². The lowest BCUT2D eigenvalue weighted by molar-refractivity contribution is 0.138. The molecular formula is C21H23N3O5S. The van der Waals surface area contributed by atoms with Gasteiger partial charge in [-0.25, -0.2) is 4.79 Å². The summed E-state index contributed by atoms with van der Waals surface area (Å²) in [5.41, 5.74) is 1.79. The minimum Gasteiger partial charge on any atom is -0.493 e. The van der Waals surface area contributed by atoms with Gasteiger partial charge in [0.05, 0.1) is 32.6 Å². The molecule has 0 bridgehead atoms. The highest BCUT2D eigenvalue weighted by Crippen LogP contribution is 2.34. The van der Waals surface area contributed by atoms with E-state index < -0.39 is 6.09 Å². The number of hydrogen-bond donors (Lipinski definition) is 1. The molecule has 158 valence electrons. The van der Waals surface area contributed by atoms with Crippen molar-refractivity contribution in [3.63, 3.8) is 0 Å². The number of amides is 1. The zero-order chi connectivity index (χ0) is 20.9. The number of hydrogen-bond acceptors (Lipinski definition) is 6. The first-order chi connectivity index (χ1) is 14.7. The number of methoxy groups -OCH3 is 1. The third kappa shape index (κ3) is 4.42. The quantitative estimate of drug-likeness (QED) is 0.583. The Bertz CT molecular complexity index is 982. The average molecular weight is 429 g/mol. The third-order valence-electron chi connectivity index (χ3n) is 4.90. The summed E-state index contributed by atoms with van der Waals surface area (Å²) in [5.74, 6) is 1.32. The number of carbonyl (C=O) groups is 1. The van der Waals surface area contributed by atoms with Gasteiger partial charge in [-0.15, -0.1) is 11.3 Å². The van der Waals surface area contributed by atoms with Crippen LogP contribution >= 0.6 is 11.3 Å². The molecule has 0 spiro atoms. The Balaban J connectivity index is 1.54. The van der Waals surface area contributed by atoms with Crippen molar-refractivity contribution in [3.05, 3.63) is 48.0 Å². The van der Waals surface area contributed by atoms with Gasteiger partial charge >= 0.3 is 6.09 Å². The van der Waals surface area contributed by atoms with E-state index in [2.05, 4.69) is 5.10 Å². The van der Waals surface area contributed by atoms with Crippen molar-refractivity contribution in [2.75, 3.05) is 31.8 Å². The summed E-state index contributed by atoms with van der Waals surface area (Å²) in [6.45, 7) is 1.98. The van der Waals surface area contributed by atoms with Gasteiger partial charge in [-0.1, -0.05) is 0 Å². The van der Waals surface area contributed by atoms with Crippen molar-refractivity contribution in [1.82, 2.24) is 9.78 Å². The maximum atomic E-state index is 11.7. The molecule has 2 aromatic heterocycles. The van der Waals surface area contributed by atoms with Gasteiger partial charge in [0.1, 0.15) is 11.1 Å². The number of ether oxygens (including phenoxy) is 3. The Kier molecular flexibility index (Phi) is 6.20. The Morgan fingerprint density at radius 2 is 2.27 bits per heavy atom. The molecule has 1 aliphatic heterocycles. The summed E-state index contributed by atoms with van der Waals surface area (Å²) >= 11 is 1.39. The Morgan fingerprint density at radius 1 is 1.37 bits per heavy atom. The molecule has 9 heteroatoms. The van der Waals surface area contributed by atoms with E-state index in [9.17, 15) is 9.90 Å². The minimum atomic E-state index is -0.981. The summed E-state index contributed by atoms with van der Waals surface area (Å²) in [5, 5.41) is 16.5. The van der Waals surface area contributed by atoms with Crippen LogP contribution in [0.25, 0.3) is 11.3 Å². The number of thiophene rings is 1. The predicted molar refractivity (Wildman–Crippen MR) is 114 cm³/mol. The highest BCUT2D eigenvalue weighted by molar-refractivity contribution is 7.14. The molecule has 1 amide bonds. The van der Waals surface area contributed by atoms with Gasteiger partial charge in [0.25, 0.3) is 0 Å². The van der Waals surface area contributed by atoms with E-state index in [0.29, 0.717) is 42.8 Å². The van der Waals surface area contributed by atoms with Crippen LogP contribution in [0.2, 0.25) is 0 Å². The molecule has 1 atom stereocenters. The largest absolute Gasteiger partial charge is 0.493 e. The Labute approximate surface area is 178 Å². The highest BCUT2D eigenvalue weighted by Gasteiger charge is 2.20. The van der Waals surface area contributed by atoms with Crippen LogP contribution in [0.4, 0.5) is 9.80 Å². The van der Waals surface area contributed by atoms with E-state index in [1.54, 1.807) is 24.1 Å². The van der Waals surface area contributed by atoms with Crippen molar-refractivity contribution in [3.8, 4) is 22.8 Å². The van der Waals surface area contributed by atoms with Gasteiger partial charge in [0.15, 0.2) is 11.5 Å². The van der Waals surface area contributed by atoms with E-state index in [1.807, 2.05) is 35.7 Å². The van der Waals surface area contributed by atoms with Gasteiger partial charge in [-0.05, 0) is 41.8 Å². The SMILES string of the molecule is COc1ccc(-c2ccnn2CCN(C(=O)O)c2cccs2)cc1O[C@@H]1CCOC1. The van der Waals surface area contributed by atoms with Gasteiger partial charge in [-0.3, -0.25) is 9.58 Å². The molecule has 1 aliphatic rings. The van der Waals surface area contributed by atoms with Crippen LogP contribution < -0.4 is 14.4 Å². The summed E-state index contributed by atoms with van der Waals surface area (Å²) in [7, 11) is 1.61. The maximum absolute atomic E-state index is 11.7. The maximum Gasteiger partial charge on any atom is 0.412 e. The molecule has 1 saturated heterocycles. The lowest BCUT2D eigenvalue weighted by Crippen LogP contribution is -2.32. The molecule has 0 saturated carbocycles. The Morgan fingerprint density at radius 3 is 2.97 bits per heavy atom. The smallest absolute Gasteiger partial charge is 0.412 e. The van der Waals surface area contributed by atoms with Crippen molar-refractivity contribution >= 4 is 22.4 Å². The molecule has 1 N–H and O–H groups in total. The van der Waals surface area contributed by atoms with E-state index in [0.717, 1.165) is 17.7 Å². The number of nitrogens with zero attached hydrogens (tertiary/aromatic N) is 3. The van der Waals surface area contributed by atoms with Gasteiger partial charge in [0, 0.05) is 24.7 Å². The lowest BCUT2D eigenvalue weighted by atomic mass is 10.1. The molecule has 3 heterocycles. The average Bonchev–Trinajstić information content (AvgIpc) is 3.51. The molecule has 0 radical (unpaired) electrons. The summed E-state index contributed by atoms with van der Waals surface area (Å²) in [6, 6.07) is 11.3. The Hall–Kier alpha value is -3.04. The molecule has 8 nitrogen and oxygen atoms in total. The zero-order valence-corrected chi connectivity index (χ0v) is 17.4. The second-order valence-electron chi connectivity index (χ2n) is 6.79. The summed E-state index contributed by atoms with van der Waals surface area (Å²) in [4.78, 5) is 13.0. The number of carboxylic acid groups (broad SMARTS) is 1. The van der Waals surface area contributed by atoms with Gasteiger partial charge in [-0.2, -0.15) is 5.10 Å². The summed E-state index contributed by atoms with van der Waals surface area (Å²) < 4.78 is 18.7. The van der Waals surface area contributed by atoms with Crippen LogP contribution in [0.1, 0.15) is 6.42 Å². The third-order valence-corrected chi connectivity index (χ3v) is 5.79. The first-order valence-corrected chi connectivity index (χ1v) is 10.5. The minimum absolute atomic E-state index is 0.00832. The monoisotopic (exact) mass is 429 g/mol. The van der Waals surface area contributed by atoms with Crippen molar-refractivity contribution in [1.29, 1.82) is 0 Å². The molecule has 0 aliphatic carbocycles.